The van der Waals surface area contributed by atoms with E-state index in [-0.39, 0.29) is 33.9 Å². The largest absolute Gasteiger partial charge is 0.393 e. The smallest absolute Gasteiger partial charge is 0.0702 e. The van der Waals surface area contributed by atoms with Gasteiger partial charge >= 0.3 is 0 Å². The average molecular weight is 581 g/mol. The number of fused-ring (bicyclic) bond motifs is 6. The third-order valence-electron chi connectivity index (χ3n) is 12.9. The quantitative estimate of drug-likeness (QED) is 0.361. The van der Waals surface area contributed by atoms with Gasteiger partial charge in [0, 0.05) is 26.9 Å². The molecular formula is C34H46BrNO2. The second-order valence-electron chi connectivity index (χ2n) is 14.7. The highest BCUT2D eigenvalue weighted by molar-refractivity contribution is 9.10. The highest BCUT2D eigenvalue weighted by atomic mass is 79.9. The molecule has 6 rings (SSSR count). The van der Waals surface area contributed by atoms with Crippen molar-refractivity contribution in [1.82, 2.24) is 4.98 Å². The summed E-state index contributed by atoms with van der Waals surface area (Å²) in [6.07, 6.45) is 11.3. The molecule has 206 valence electrons. The van der Waals surface area contributed by atoms with E-state index in [0.29, 0.717) is 23.7 Å². The number of rotatable bonds is 3. The summed E-state index contributed by atoms with van der Waals surface area (Å²) in [6.45, 7) is 14.4. The molecule has 0 saturated heterocycles. The maximum absolute atomic E-state index is 12.1. The Balaban J connectivity index is 1.31. The molecule has 1 aromatic carbocycles. The van der Waals surface area contributed by atoms with Crippen molar-refractivity contribution in [2.45, 2.75) is 98.7 Å². The molecule has 3 fully saturated rings. The van der Waals surface area contributed by atoms with E-state index in [1.165, 1.54) is 29.4 Å². The Morgan fingerprint density at radius 2 is 1.76 bits per heavy atom. The van der Waals surface area contributed by atoms with Crippen LogP contribution in [-0.2, 0) is 6.42 Å². The first-order chi connectivity index (χ1) is 17.8. The molecule has 1 aromatic heterocycles. The summed E-state index contributed by atoms with van der Waals surface area (Å²) < 4.78 is 1.09. The Morgan fingerprint density at radius 3 is 2.53 bits per heavy atom. The SMILES string of the molecule is C[C@H](Cc1cnc2ccc(Br)cc2c1)[C@H]1CC[C@@]2(C)[C@@H]3CC=C4[C@@H](CC[C@H](O)C4(C)C)[C@]3(C)[C@H](O)C[C@]12C. The lowest BCUT2D eigenvalue weighted by molar-refractivity contribution is -0.203. The molecule has 4 heteroatoms. The topological polar surface area (TPSA) is 53.4 Å². The fourth-order valence-corrected chi connectivity index (χ4v) is 10.8. The number of aliphatic hydroxyl groups is 2. The van der Waals surface area contributed by atoms with Gasteiger partial charge in [-0.2, -0.15) is 0 Å². The number of allylic oxidation sites excluding steroid dienone is 1. The molecule has 2 aromatic rings. The summed E-state index contributed by atoms with van der Waals surface area (Å²) in [5.41, 5.74) is 3.77. The molecule has 38 heavy (non-hydrogen) atoms. The van der Waals surface area contributed by atoms with Gasteiger partial charge in [0.2, 0.25) is 0 Å². The third kappa shape index (κ3) is 3.61. The van der Waals surface area contributed by atoms with Crippen LogP contribution in [0.2, 0.25) is 0 Å². The van der Waals surface area contributed by atoms with E-state index in [9.17, 15) is 10.2 Å². The molecule has 2 N–H and O–H groups in total. The van der Waals surface area contributed by atoms with Crippen LogP contribution in [-0.4, -0.2) is 27.4 Å². The van der Waals surface area contributed by atoms with E-state index in [4.69, 9.17) is 4.98 Å². The zero-order valence-electron chi connectivity index (χ0n) is 24.1. The number of hydrogen-bond acceptors (Lipinski definition) is 3. The Morgan fingerprint density at radius 1 is 1.00 bits per heavy atom. The van der Waals surface area contributed by atoms with Crippen LogP contribution in [0, 0.1) is 45.3 Å². The number of hydrogen-bond donors (Lipinski definition) is 2. The third-order valence-corrected chi connectivity index (χ3v) is 13.4. The van der Waals surface area contributed by atoms with E-state index in [2.05, 4.69) is 94.0 Å². The van der Waals surface area contributed by atoms with Crippen molar-refractivity contribution in [1.29, 1.82) is 0 Å². The molecule has 0 unspecified atom stereocenters. The first-order valence-corrected chi connectivity index (χ1v) is 15.7. The second kappa shape index (κ2) is 8.88. The van der Waals surface area contributed by atoms with Gasteiger partial charge in [-0.3, -0.25) is 4.98 Å². The number of pyridine rings is 1. The zero-order valence-corrected chi connectivity index (χ0v) is 25.7. The Hall–Kier alpha value is -1.23. The van der Waals surface area contributed by atoms with Crippen molar-refractivity contribution in [3.05, 3.63) is 52.1 Å². The number of halogens is 1. The monoisotopic (exact) mass is 579 g/mol. The lowest BCUT2D eigenvalue weighted by Crippen LogP contribution is -2.64. The summed E-state index contributed by atoms with van der Waals surface area (Å²) in [5, 5.41) is 24.1. The molecule has 4 aliphatic carbocycles. The van der Waals surface area contributed by atoms with Crippen LogP contribution in [0.15, 0.2) is 46.6 Å². The van der Waals surface area contributed by atoms with E-state index in [0.717, 1.165) is 42.1 Å². The van der Waals surface area contributed by atoms with Crippen LogP contribution in [0.4, 0.5) is 0 Å². The maximum Gasteiger partial charge on any atom is 0.0702 e. The summed E-state index contributed by atoms with van der Waals surface area (Å²) >= 11 is 3.61. The minimum Gasteiger partial charge on any atom is -0.393 e. The molecule has 4 aliphatic rings. The van der Waals surface area contributed by atoms with Gasteiger partial charge in [-0.15, -0.1) is 0 Å². The fraction of sp³-hybridized carbons (Fsp3) is 0.676. The van der Waals surface area contributed by atoms with E-state index in [1.807, 2.05) is 0 Å². The summed E-state index contributed by atoms with van der Waals surface area (Å²) in [5.74, 6) is 1.96. The van der Waals surface area contributed by atoms with Crippen LogP contribution < -0.4 is 0 Å². The Kier molecular flexibility index (Phi) is 6.30. The Labute approximate surface area is 237 Å². The predicted molar refractivity (Wildman–Crippen MR) is 159 cm³/mol. The van der Waals surface area contributed by atoms with Gasteiger partial charge in [0.1, 0.15) is 0 Å². The lowest BCUT2D eigenvalue weighted by atomic mass is 9.38. The number of benzene rings is 1. The van der Waals surface area contributed by atoms with Gasteiger partial charge < -0.3 is 10.2 Å². The second-order valence-corrected chi connectivity index (χ2v) is 15.7. The molecule has 3 saturated carbocycles. The van der Waals surface area contributed by atoms with Crippen LogP contribution in [0.5, 0.6) is 0 Å². The number of nitrogens with zero attached hydrogens (tertiary/aromatic N) is 1. The minimum absolute atomic E-state index is 0.109. The molecule has 1 heterocycles. The molecule has 0 amide bonds. The predicted octanol–water partition coefficient (Wildman–Crippen LogP) is 8.11. The highest BCUT2D eigenvalue weighted by Gasteiger charge is 2.70. The van der Waals surface area contributed by atoms with Crippen molar-refractivity contribution in [2.75, 3.05) is 0 Å². The van der Waals surface area contributed by atoms with Crippen molar-refractivity contribution in [3.63, 3.8) is 0 Å². The van der Waals surface area contributed by atoms with Crippen molar-refractivity contribution < 1.29 is 10.2 Å². The van der Waals surface area contributed by atoms with Crippen molar-refractivity contribution >= 4 is 26.8 Å². The van der Waals surface area contributed by atoms with Crippen LogP contribution in [0.25, 0.3) is 10.9 Å². The van der Waals surface area contributed by atoms with Crippen molar-refractivity contribution in [3.8, 4) is 0 Å². The van der Waals surface area contributed by atoms with Gasteiger partial charge in [-0.05, 0) is 109 Å². The summed E-state index contributed by atoms with van der Waals surface area (Å²) in [7, 11) is 0. The maximum atomic E-state index is 12.1. The summed E-state index contributed by atoms with van der Waals surface area (Å²) in [6, 6.07) is 8.62. The summed E-state index contributed by atoms with van der Waals surface area (Å²) in [4.78, 5) is 4.76. The minimum atomic E-state index is -0.308. The van der Waals surface area contributed by atoms with Gasteiger partial charge in [0.05, 0.1) is 17.7 Å². The number of aromatic nitrogens is 1. The zero-order chi connectivity index (χ0) is 27.3. The molecule has 0 bridgehead atoms. The standard InChI is InChI=1S/C34H46BrNO2/c1-20(15-21-16-22-17-23(35)7-10-27(22)36-19-21)24-13-14-32(4)28-11-8-25-26(9-12-29(37)31(25,2)3)34(28,6)30(38)18-33(24,32)5/h7-8,10,16-17,19-20,24,26,28-30,37-38H,9,11-15,18H2,1-6H3/t20-,24-,26-,28+,29+,30-,32+,33-,34+/m1/s1. The van der Waals surface area contributed by atoms with Gasteiger partial charge in [-0.1, -0.05) is 69.1 Å². The van der Waals surface area contributed by atoms with Gasteiger partial charge in [0.15, 0.2) is 0 Å². The molecule has 9 atom stereocenters. The molecule has 0 aliphatic heterocycles. The fourth-order valence-electron chi connectivity index (χ4n) is 10.4. The van der Waals surface area contributed by atoms with Crippen molar-refractivity contribution in [2.24, 2.45) is 45.3 Å². The first-order valence-electron chi connectivity index (χ1n) is 14.9. The van der Waals surface area contributed by atoms with E-state index >= 15 is 0 Å². The molecule has 3 nitrogen and oxygen atoms in total. The molecular weight excluding hydrogens is 534 g/mol. The Bertz CT molecular complexity index is 1290. The normalized spacial score (nSPS) is 42.7. The lowest BCUT2D eigenvalue weighted by Gasteiger charge is -2.67. The van der Waals surface area contributed by atoms with E-state index in [1.54, 1.807) is 0 Å². The van der Waals surface area contributed by atoms with Crippen LogP contribution in [0.1, 0.15) is 85.6 Å². The van der Waals surface area contributed by atoms with Gasteiger partial charge in [-0.25, -0.2) is 0 Å². The first kappa shape index (κ1) is 27.0. The van der Waals surface area contributed by atoms with Crippen LogP contribution >= 0.6 is 15.9 Å². The molecule has 0 spiro atoms. The number of aliphatic hydroxyl groups excluding tert-OH is 2. The van der Waals surface area contributed by atoms with E-state index < -0.39 is 0 Å². The highest BCUT2D eigenvalue weighted by Crippen LogP contribution is 2.74. The average Bonchev–Trinajstić information content (AvgIpc) is 3.12. The molecule has 0 radical (unpaired) electrons. The van der Waals surface area contributed by atoms with Crippen LogP contribution in [0.3, 0.4) is 0 Å². The van der Waals surface area contributed by atoms with Gasteiger partial charge in [0.25, 0.3) is 0 Å².